The number of aliphatic hydroxyl groups is 1. The van der Waals surface area contributed by atoms with Crippen LogP contribution in [0.4, 0.5) is 0 Å². The summed E-state index contributed by atoms with van der Waals surface area (Å²) in [6, 6.07) is 16.2. The fourth-order valence-corrected chi connectivity index (χ4v) is 6.73. The number of alkyl halides is 1. The lowest BCUT2D eigenvalue weighted by atomic mass is 9.95. The maximum Gasteiger partial charge on any atom is 0.264 e. The molecule has 0 aromatic heterocycles. The van der Waals surface area contributed by atoms with Gasteiger partial charge >= 0.3 is 0 Å². The highest BCUT2D eigenvalue weighted by atomic mass is 79.9. The lowest BCUT2D eigenvalue weighted by molar-refractivity contribution is 0.0860. The van der Waals surface area contributed by atoms with E-state index in [2.05, 4.69) is 15.9 Å². The molecule has 0 saturated heterocycles. The highest BCUT2D eigenvalue weighted by Crippen LogP contribution is 2.47. The van der Waals surface area contributed by atoms with Gasteiger partial charge in [-0.3, -0.25) is 4.31 Å². The first-order chi connectivity index (χ1) is 13.8. The average molecular weight is 496 g/mol. The van der Waals surface area contributed by atoms with E-state index in [4.69, 9.17) is 0 Å². The Morgan fingerprint density at radius 3 is 2.34 bits per heavy atom. The predicted molar refractivity (Wildman–Crippen MR) is 124 cm³/mol. The summed E-state index contributed by atoms with van der Waals surface area (Å²) in [7, 11) is -3.76. The summed E-state index contributed by atoms with van der Waals surface area (Å²) in [5.41, 5.74) is 0.966. The van der Waals surface area contributed by atoms with Gasteiger partial charge in [-0.1, -0.05) is 64.0 Å². The van der Waals surface area contributed by atoms with E-state index in [1.807, 2.05) is 37.3 Å². The van der Waals surface area contributed by atoms with Gasteiger partial charge in [0.1, 0.15) is 5.60 Å². The van der Waals surface area contributed by atoms with E-state index in [0.29, 0.717) is 16.2 Å². The standard InChI is InChI=1S/C22H26BrNO3S2/c1-17-10-12-20(13-11-17)29(26,27)24-16-22(25,19-8-4-3-5-9-19)21(18(24)2)28-15-7-6-14-23/h3-5,8-13,25H,6-7,14-16H2,1-2H3. The molecule has 0 saturated carbocycles. The molecule has 0 aliphatic carbocycles. The maximum absolute atomic E-state index is 13.4. The van der Waals surface area contributed by atoms with Crippen molar-refractivity contribution in [2.24, 2.45) is 0 Å². The van der Waals surface area contributed by atoms with Crippen LogP contribution in [-0.2, 0) is 15.6 Å². The lowest BCUT2D eigenvalue weighted by Gasteiger charge is -2.27. The van der Waals surface area contributed by atoms with Crippen LogP contribution in [0.2, 0.25) is 0 Å². The SMILES string of the molecule is CC1=C(SCCCCBr)C(O)(c2ccccc2)CN1S(=O)(=O)c1ccc(C)cc1. The van der Waals surface area contributed by atoms with Crippen molar-refractivity contribution in [2.45, 2.75) is 37.2 Å². The third kappa shape index (κ3) is 4.58. The monoisotopic (exact) mass is 495 g/mol. The Hall–Kier alpha value is -1.28. The van der Waals surface area contributed by atoms with Crippen LogP contribution < -0.4 is 0 Å². The summed E-state index contributed by atoms with van der Waals surface area (Å²) in [6.07, 6.45) is 2.02. The van der Waals surface area contributed by atoms with Gasteiger partial charge in [0, 0.05) is 15.9 Å². The van der Waals surface area contributed by atoms with E-state index in [1.54, 1.807) is 43.0 Å². The van der Waals surface area contributed by atoms with Crippen molar-refractivity contribution >= 4 is 37.7 Å². The summed E-state index contributed by atoms with van der Waals surface area (Å²) in [5.74, 6) is 0.825. The molecule has 1 heterocycles. The number of benzene rings is 2. The predicted octanol–water partition coefficient (Wildman–Crippen LogP) is 5.03. The van der Waals surface area contributed by atoms with Crippen molar-refractivity contribution in [3.63, 3.8) is 0 Å². The molecule has 7 heteroatoms. The fraction of sp³-hybridized carbons (Fsp3) is 0.364. The summed E-state index contributed by atoms with van der Waals surface area (Å²) in [4.78, 5) is 0.956. The molecule has 1 aliphatic heterocycles. The van der Waals surface area contributed by atoms with Crippen LogP contribution >= 0.6 is 27.7 Å². The highest BCUT2D eigenvalue weighted by molar-refractivity contribution is 9.09. The van der Waals surface area contributed by atoms with Crippen molar-refractivity contribution in [1.29, 1.82) is 0 Å². The molecule has 29 heavy (non-hydrogen) atoms. The second-order valence-corrected chi connectivity index (χ2v) is 11.0. The van der Waals surface area contributed by atoms with Crippen LogP contribution in [0, 0.1) is 6.92 Å². The molecule has 1 unspecified atom stereocenters. The van der Waals surface area contributed by atoms with Crippen LogP contribution in [0.5, 0.6) is 0 Å². The lowest BCUT2D eigenvalue weighted by Crippen LogP contribution is -2.36. The molecule has 3 rings (SSSR count). The van der Waals surface area contributed by atoms with Gasteiger partial charge in [-0.25, -0.2) is 8.42 Å². The van der Waals surface area contributed by atoms with E-state index in [1.165, 1.54) is 4.31 Å². The van der Waals surface area contributed by atoms with Crippen molar-refractivity contribution in [3.8, 4) is 0 Å². The minimum atomic E-state index is -3.76. The largest absolute Gasteiger partial charge is 0.378 e. The van der Waals surface area contributed by atoms with Gasteiger partial charge in [0.15, 0.2) is 0 Å². The Labute approximate surface area is 186 Å². The van der Waals surface area contributed by atoms with Gasteiger partial charge in [-0.05, 0) is 50.1 Å². The quantitative estimate of drug-likeness (QED) is 0.412. The molecule has 2 aromatic rings. The molecule has 1 N–H and O–H groups in total. The molecule has 4 nitrogen and oxygen atoms in total. The summed E-state index contributed by atoms with van der Waals surface area (Å²) in [5, 5.41) is 12.6. The molecule has 1 atom stereocenters. The number of sulfonamides is 1. The first-order valence-electron chi connectivity index (χ1n) is 9.58. The second kappa shape index (κ2) is 9.25. The van der Waals surface area contributed by atoms with E-state index in [-0.39, 0.29) is 11.4 Å². The molecule has 0 radical (unpaired) electrons. The van der Waals surface area contributed by atoms with Crippen molar-refractivity contribution in [2.75, 3.05) is 17.6 Å². The van der Waals surface area contributed by atoms with Gasteiger partial charge in [-0.15, -0.1) is 11.8 Å². The number of halogens is 1. The summed E-state index contributed by atoms with van der Waals surface area (Å²) in [6.45, 7) is 3.70. The van der Waals surface area contributed by atoms with E-state index in [9.17, 15) is 13.5 Å². The van der Waals surface area contributed by atoms with Crippen LogP contribution in [-0.4, -0.2) is 35.5 Å². The number of aryl methyl sites for hydroxylation is 1. The molecular weight excluding hydrogens is 470 g/mol. The minimum Gasteiger partial charge on any atom is -0.378 e. The van der Waals surface area contributed by atoms with Crippen molar-refractivity contribution < 1.29 is 13.5 Å². The molecule has 0 fully saturated rings. The van der Waals surface area contributed by atoms with Crippen molar-refractivity contribution in [3.05, 3.63) is 76.3 Å². The van der Waals surface area contributed by atoms with E-state index >= 15 is 0 Å². The van der Waals surface area contributed by atoms with Crippen LogP contribution in [0.25, 0.3) is 0 Å². The number of thioether (sulfide) groups is 1. The zero-order valence-corrected chi connectivity index (χ0v) is 19.9. The second-order valence-electron chi connectivity index (χ2n) is 7.21. The number of nitrogens with zero attached hydrogens (tertiary/aromatic N) is 1. The Bertz CT molecular complexity index is 975. The zero-order valence-electron chi connectivity index (χ0n) is 16.6. The smallest absolute Gasteiger partial charge is 0.264 e. The molecular formula is C22H26BrNO3S2. The number of β-amino-alcohol motifs (C(OH)–C–C–N with tert-alkyl or cyclic N) is 1. The third-order valence-electron chi connectivity index (χ3n) is 5.09. The van der Waals surface area contributed by atoms with Crippen LogP contribution in [0.15, 0.2) is 70.1 Å². The molecule has 0 amide bonds. The Balaban J connectivity index is 2.01. The normalized spacial score (nSPS) is 19.8. The zero-order chi connectivity index (χ0) is 21.1. The van der Waals surface area contributed by atoms with Gasteiger partial charge in [0.05, 0.1) is 11.4 Å². The van der Waals surface area contributed by atoms with Gasteiger partial charge in [-0.2, -0.15) is 0 Å². The molecule has 156 valence electrons. The number of unbranched alkanes of at least 4 members (excludes halogenated alkanes) is 1. The van der Waals surface area contributed by atoms with Crippen LogP contribution in [0.3, 0.4) is 0 Å². The number of hydrogen-bond acceptors (Lipinski definition) is 4. The summed E-state index contributed by atoms with van der Waals surface area (Å²) < 4.78 is 28.1. The van der Waals surface area contributed by atoms with Crippen molar-refractivity contribution in [1.82, 2.24) is 4.31 Å². The average Bonchev–Trinajstić information content (AvgIpc) is 2.98. The van der Waals surface area contributed by atoms with Gasteiger partial charge in [0.2, 0.25) is 0 Å². The summed E-state index contributed by atoms with van der Waals surface area (Å²) >= 11 is 5.00. The number of allylic oxidation sites excluding steroid dienone is 1. The highest BCUT2D eigenvalue weighted by Gasteiger charge is 2.47. The Kier molecular flexibility index (Phi) is 7.14. The molecule has 1 aliphatic rings. The Morgan fingerprint density at radius 1 is 1.07 bits per heavy atom. The number of rotatable bonds is 8. The first kappa shape index (κ1) is 22.4. The van der Waals surface area contributed by atoms with Gasteiger partial charge < -0.3 is 5.11 Å². The molecule has 0 spiro atoms. The fourth-order valence-electron chi connectivity index (χ4n) is 3.44. The Morgan fingerprint density at radius 2 is 1.72 bits per heavy atom. The molecule has 0 bridgehead atoms. The topological polar surface area (TPSA) is 57.6 Å². The number of hydrogen-bond donors (Lipinski definition) is 1. The van der Waals surface area contributed by atoms with Gasteiger partial charge in [0.25, 0.3) is 10.0 Å². The van der Waals surface area contributed by atoms with E-state index in [0.717, 1.165) is 29.5 Å². The maximum atomic E-state index is 13.4. The third-order valence-corrected chi connectivity index (χ3v) is 8.91. The molecule has 2 aromatic carbocycles. The van der Waals surface area contributed by atoms with Crippen LogP contribution in [0.1, 0.15) is 30.9 Å². The first-order valence-corrected chi connectivity index (χ1v) is 13.1. The minimum absolute atomic E-state index is 0.0141. The van der Waals surface area contributed by atoms with E-state index < -0.39 is 15.6 Å².